The van der Waals surface area contributed by atoms with Crippen molar-refractivity contribution in [2.45, 2.75) is 0 Å². The highest BCUT2D eigenvalue weighted by Gasteiger charge is 1.79. The van der Waals surface area contributed by atoms with E-state index >= 15 is 0 Å². The number of hydrogen-bond acceptors (Lipinski definition) is 1. The molecule has 0 unspecified atom stereocenters. The van der Waals surface area contributed by atoms with E-state index in [0.717, 1.165) is 5.56 Å². The minimum absolute atomic E-state index is 1.10. The molecule has 1 nitrogen and oxygen atoms in total. The molecule has 1 aromatic rings. The summed E-state index contributed by atoms with van der Waals surface area (Å²) in [6, 6.07) is 3.90. The molecule has 50 valence electrons. The lowest BCUT2D eigenvalue weighted by molar-refractivity contribution is 1.32. The van der Waals surface area contributed by atoms with Crippen molar-refractivity contribution in [3.8, 4) is 0 Å². The first-order chi connectivity index (χ1) is 4.93. The van der Waals surface area contributed by atoms with Gasteiger partial charge in [0.05, 0.1) is 0 Å². The SMILES string of the molecule is C=C/C=C\c1cccnc1. The van der Waals surface area contributed by atoms with Crippen LogP contribution in [0.2, 0.25) is 0 Å². The van der Waals surface area contributed by atoms with Crippen LogP contribution < -0.4 is 0 Å². The predicted octanol–water partition coefficient (Wildman–Crippen LogP) is 2.28. The van der Waals surface area contributed by atoms with Gasteiger partial charge in [-0.25, -0.2) is 0 Å². The zero-order chi connectivity index (χ0) is 7.23. The molecule has 1 heterocycles. The van der Waals surface area contributed by atoms with Crippen LogP contribution >= 0.6 is 0 Å². The van der Waals surface area contributed by atoms with Crippen LogP contribution in [0.3, 0.4) is 0 Å². The fourth-order valence-corrected chi connectivity index (χ4v) is 0.654. The monoisotopic (exact) mass is 131 g/mol. The van der Waals surface area contributed by atoms with Crippen LogP contribution in [0.4, 0.5) is 0 Å². The van der Waals surface area contributed by atoms with Crippen molar-refractivity contribution < 1.29 is 0 Å². The van der Waals surface area contributed by atoms with E-state index in [9.17, 15) is 0 Å². The Bertz CT molecular complexity index is 224. The molecule has 0 aliphatic carbocycles. The summed E-state index contributed by atoms with van der Waals surface area (Å²) in [6.07, 6.45) is 9.15. The van der Waals surface area contributed by atoms with Gasteiger partial charge in [0.1, 0.15) is 0 Å². The van der Waals surface area contributed by atoms with Gasteiger partial charge < -0.3 is 0 Å². The fraction of sp³-hybridized carbons (Fsp3) is 0. The molecule has 0 N–H and O–H groups in total. The van der Waals surface area contributed by atoms with Crippen molar-refractivity contribution in [3.63, 3.8) is 0 Å². The van der Waals surface area contributed by atoms with Gasteiger partial charge >= 0.3 is 0 Å². The number of pyridine rings is 1. The first kappa shape index (κ1) is 6.75. The molecule has 10 heavy (non-hydrogen) atoms. The highest BCUT2D eigenvalue weighted by molar-refractivity contribution is 5.48. The Balaban J connectivity index is 2.76. The molecule has 0 radical (unpaired) electrons. The van der Waals surface area contributed by atoms with E-state index in [4.69, 9.17) is 0 Å². The lowest BCUT2D eigenvalue weighted by Crippen LogP contribution is -1.71. The summed E-state index contributed by atoms with van der Waals surface area (Å²) in [6.45, 7) is 3.57. The minimum atomic E-state index is 1.10. The molecular weight excluding hydrogens is 122 g/mol. The second-order valence-electron chi connectivity index (χ2n) is 1.88. The molecule has 0 saturated heterocycles. The molecule has 1 rings (SSSR count). The third-order valence-electron chi connectivity index (χ3n) is 1.11. The molecule has 0 amide bonds. The Kier molecular flexibility index (Phi) is 2.44. The summed E-state index contributed by atoms with van der Waals surface area (Å²) in [4.78, 5) is 3.95. The molecule has 0 aliphatic heterocycles. The molecule has 1 aromatic heterocycles. The van der Waals surface area contributed by atoms with Crippen LogP contribution in [0, 0.1) is 0 Å². The number of rotatable bonds is 2. The van der Waals surface area contributed by atoms with Gasteiger partial charge in [0.25, 0.3) is 0 Å². The third kappa shape index (κ3) is 1.86. The van der Waals surface area contributed by atoms with Crippen LogP contribution in [-0.2, 0) is 0 Å². The van der Waals surface area contributed by atoms with Gasteiger partial charge in [-0.05, 0) is 11.6 Å². The Labute approximate surface area is 60.7 Å². The third-order valence-corrected chi connectivity index (χ3v) is 1.11. The van der Waals surface area contributed by atoms with Gasteiger partial charge in [-0.2, -0.15) is 0 Å². The quantitative estimate of drug-likeness (QED) is 0.561. The Morgan fingerprint density at radius 1 is 1.50 bits per heavy atom. The van der Waals surface area contributed by atoms with E-state index in [1.165, 1.54) is 0 Å². The first-order valence-electron chi connectivity index (χ1n) is 3.12. The summed E-state index contributed by atoms with van der Waals surface area (Å²) < 4.78 is 0. The number of aromatic nitrogens is 1. The standard InChI is InChI=1S/C9H9N/c1-2-3-5-9-6-4-7-10-8-9/h2-8H,1H2/b5-3-. The highest BCUT2D eigenvalue weighted by Crippen LogP contribution is 1.97. The van der Waals surface area contributed by atoms with Gasteiger partial charge in [0.15, 0.2) is 0 Å². The van der Waals surface area contributed by atoms with Crippen molar-refractivity contribution in [1.29, 1.82) is 0 Å². The summed E-state index contributed by atoms with van der Waals surface area (Å²) in [5.41, 5.74) is 1.10. The van der Waals surface area contributed by atoms with Crippen molar-refractivity contribution >= 4 is 6.08 Å². The number of nitrogens with zero attached hydrogens (tertiary/aromatic N) is 1. The van der Waals surface area contributed by atoms with Gasteiger partial charge in [0, 0.05) is 12.4 Å². The maximum Gasteiger partial charge on any atom is 0.0340 e. The average Bonchev–Trinajstić information content (AvgIpc) is 2.03. The average molecular weight is 131 g/mol. The van der Waals surface area contributed by atoms with Crippen molar-refractivity contribution in [2.75, 3.05) is 0 Å². The molecule has 0 spiro atoms. The largest absolute Gasteiger partial charge is 0.264 e. The molecule has 0 saturated carbocycles. The van der Waals surface area contributed by atoms with E-state index < -0.39 is 0 Å². The van der Waals surface area contributed by atoms with E-state index in [-0.39, 0.29) is 0 Å². The number of hydrogen-bond donors (Lipinski definition) is 0. The molecule has 0 aromatic carbocycles. The van der Waals surface area contributed by atoms with E-state index in [2.05, 4.69) is 11.6 Å². The lowest BCUT2D eigenvalue weighted by Gasteiger charge is -1.86. The first-order valence-corrected chi connectivity index (χ1v) is 3.12. The van der Waals surface area contributed by atoms with Crippen molar-refractivity contribution in [3.05, 3.63) is 48.8 Å². The van der Waals surface area contributed by atoms with Gasteiger partial charge in [-0.15, -0.1) is 0 Å². The summed E-state index contributed by atoms with van der Waals surface area (Å²) in [5.74, 6) is 0. The molecule has 1 heteroatoms. The van der Waals surface area contributed by atoms with Crippen LogP contribution in [0.15, 0.2) is 43.3 Å². The maximum absolute atomic E-state index is 3.95. The van der Waals surface area contributed by atoms with Crippen molar-refractivity contribution in [1.82, 2.24) is 4.98 Å². The topological polar surface area (TPSA) is 12.9 Å². The van der Waals surface area contributed by atoms with Gasteiger partial charge in [0.2, 0.25) is 0 Å². The van der Waals surface area contributed by atoms with Crippen molar-refractivity contribution in [2.24, 2.45) is 0 Å². The van der Waals surface area contributed by atoms with Gasteiger partial charge in [-0.3, -0.25) is 4.98 Å². The Morgan fingerprint density at radius 3 is 3.00 bits per heavy atom. The minimum Gasteiger partial charge on any atom is -0.264 e. The second kappa shape index (κ2) is 3.62. The van der Waals surface area contributed by atoms with E-state index in [0.29, 0.717) is 0 Å². The van der Waals surface area contributed by atoms with E-state index in [1.807, 2.05) is 24.3 Å². The normalized spacial score (nSPS) is 10.0. The maximum atomic E-state index is 3.95. The molecule has 0 aliphatic rings. The number of allylic oxidation sites excluding steroid dienone is 2. The highest BCUT2D eigenvalue weighted by atomic mass is 14.6. The fourth-order valence-electron chi connectivity index (χ4n) is 0.654. The predicted molar refractivity (Wildman–Crippen MR) is 43.5 cm³/mol. The van der Waals surface area contributed by atoms with Crippen LogP contribution in [0.5, 0.6) is 0 Å². The lowest BCUT2D eigenvalue weighted by atomic mass is 10.2. The molecule has 0 atom stereocenters. The van der Waals surface area contributed by atoms with Crippen LogP contribution in [-0.4, -0.2) is 4.98 Å². The zero-order valence-corrected chi connectivity index (χ0v) is 5.70. The Morgan fingerprint density at radius 2 is 2.40 bits per heavy atom. The molecule has 0 fully saturated rings. The van der Waals surface area contributed by atoms with Crippen LogP contribution in [0.1, 0.15) is 5.56 Å². The van der Waals surface area contributed by atoms with Crippen LogP contribution in [0.25, 0.3) is 6.08 Å². The molecule has 0 bridgehead atoms. The smallest absolute Gasteiger partial charge is 0.0340 e. The van der Waals surface area contributed by atoms with Gasteiger partial charge in [-0.1, -0.05) is 30.9 Å². The molecular formula is C9H9N. The Hall–Kier alpha value is -1.37. The van der Waals surface area contributed by atoms with E-state index in [1.54, 1.807) is 18.5 Å². The second-order valence-corrected chi connectivity index (χ2v) is 1.88. The summed E-state index contributed by atoms with van der Waals surface area (Å²) in [5, 5.41) is 0. The zero-order valence-electron chi connectivity index (χ0n) is 5.70. The summed E-state index contributed by atoms with van der Waals surface area (Å²) >= 11 is 0. The summed E-state index contributed by atoms with van der Waals surface area (Å²) in [7, 11) is 0.